The van der Waals surface area contributed by atoms with E-state index >= 15 is 0 Å². The Morgan fingerprint density at radius 1 is 1.07 bits per heavy atom. The number of primary amides is 1. The van der Waals surface area contributed by atoms with Crippen molar-refractivity contribution >= 4 is 35.3 Å². The van der Waals surface area contributed by atoms with Crippen molar-refractivity contribution in [2.24, 2.45) is 23.5 Å². The van der Waals surface area contributed by atoms with Crippen molar-refractivity contribution in [2.75, 3.05) is 35.7 Å². The second-order valence-electron chi connectivity index (χ2n) is 13.1. The number of amides is 2. The minimum Gasteiger partial charge on any atom is -0.368 e. The summed E-state index contributed by atoms with van der Waals surface area (Å²) in [6.45, 7) is 11.7. The summed E-state index contributed by atoms with van der Waals surface area (Å²) in [6, 6.07) is 5.14. The van der Waals surface area contributed by atoms with Gasteiger partial charge in [0.25, 0.3) is 0 Å². The zero-order chi connectivity index (χ0) is 31.8. The lowest BCUT2D eigenvalue weighted by Gasteiger charge is -2.37. The fraction of sp³-hybridized carbons (Fsp3) is 0.667. The molecule has 0 bridgehead atoms. The summed E-state index contributed by atoms with van der Waals surface area (Å²) in [5.41, 5.74) is 7.53. The molecule has 4 rings (SSSR count). The lowest BCUT2D eigenvalue weighted by Crippen LogP contribution is -2.50. The summed E-state index contributed by atoms with van der Waals surface area (Å²) in [4.78, 5) is 41.0. The monoisotopic (exact) mass is 608 g/mol. The third kappa shape index (κ3) is 9.03. The van der Waals surface area contributed by atoms with Gasteiger partial charge in [-0.15, -0.1) is 0 Å². The molecule has 2 amide bonds. The molecule has 5 N–H and O–H groups in total. The van der Waals surface area contributed by atoms with Crippen LogP contribution in [0.2, 0.25) is 0 Å². The topological polar surface area (TPSA) is 147 Å². The quantitative estimate of drug-likeness (QED) is 0.241. The van der Waals surface area contributed by atoms with Gasteiger partial charge in [0.15, 0.2) is 0 Å². The molecule has 2 fully saturated rings. The molecule has 0 saturated heterocycles. The second kappa shape index (κ2) is 15.5. The zero-order valence-electron chi connectivity index (χ0n) is 27.4. The van der Waals surface area contributed by atoms with Gasteiger partial charge in [0.05, 0.1) is 6.10 Å². The number of anilines is 4. The molecular weight excluding hydrogens is 556 g/mol. The maximum atomic E-state index is 13.1. The van der Waals surface area contributed by atoms with Crippen LogP contribution in [0.5, 0.6) is 0 Å². The van der Waals surface area contributed by atoms with Gasteiger partial charge < -0.3 is 31.3 Å². The lowest BCUT2D eigenvalue weighted by molar-refractivity contribution is -0.132. The predicted molar refractivity (Wildman–Crippen MR) is 175 cm³/mol. The van der Waals surface area contributed by atoms with Crippen LogP contribution in [0.1, 0.15) is 95.0 Å². The Bertz CT molecular complexity index is 1270. The Labute approximate surface area is 262 Å². The number of aromatic nitrogens is 3. The molecule has 5 atom stereocenters. The van der Waals surface area contributed by atoms with E-state index in [1.807, 2.05) is 24.9 Å². The average Bonchev–Trinajstić information content (AvgIpc) is 2.98. The van der Waals surface area contributed by atoms with Crippen molar-refractivity contribution in [3.05, 3.63) is 29.3 Å². The molecule has 0 spiro atoms. The smallest absolute Gasteiger partial charge is 0.248 e. The summed E-state index contributed by atoms with van der Waals surface area (Å²) < 4.78 is 6.25. The Hall–Kier alpha value is -3.47. The Kier molecular flexibility index (Phi) is 11.8. The highest BCUT2D eigenvalue weighted by atomic mass is 16.5. The van der Waals surface area contributed by atoms with E-state index in [1.165, 1.54) is 6.42 Å². The van der Waals surface area contributed by atoms with Crippen LogP contribution in [0.25, 0.3) is 0 Å². The molecule has 5 unspecified atom stereocenters. The van der Waals surface area contributed by atoms with E-state index in [0.717, 1.165) is 57.1 Å². The molecule has 11 heteroatoms. The first-order valence-electron chi connectivity index (χ1n) is 16.4. The SMILES string of the molecule is CCCN(C)c1nc(Nc2cc(C(N)=O)ccc2C)nc(NC2CCCCC2NC(=O)COC2CC(C)CCC2C(C)C)n1. The van der Waals surface area contributed by atoms with Gasteiger partial charge in [-0.2, -0.15) is 15.0 Å². The minimum atomic E-state index is -0.502. The Morgan fingerprint density at radius 2 is 1.80 bits per heavy atom. The van der Waals surface area contributed by atoms with E-state index in [-0.39, 0.29) is 30.7 Å². The van der Waals surface area contributed by atoms with E-state index in [1.54, 1.807) is 12.1 Å². The first-order valence-corrected chi connectivity index (χ1v) is 16.4. The molecule has 0 radical (unpaired) electrons. The molecule has 2 aliphatic carbocycles. The van der Waals surface area contributed by atoms with Gasteiger partial charge in [-0.25, -0.2) is 0 Å². The molecule has 2 aromatic rings. The van der Waals surface area contributed by atoms with Crippen molar-refractivity contribution in [2.45, 2.75) is 104 Å². The van der Waals surface area contributed by atoms with Crippen LogP contribution in [-0.2, 0) is 9.53 Å². The van der Waals surface area contributed by atoms with Crippen molar-refractivity contribution in [3.8, 4) is 0 Å². The fourth-order valence-corrected chi connectivity index (χ4v) is 6.50. The number of aryl methyl sites for hydroxylation is 1. The third-order valence-electron chi connectivity index (χ3n) is 9.11. The van der Waals surface area contributed by atoms with Gasteiger partial charge in [0, 0.05) is 36.9 Å². The van der Waals surface area contributed by atoms with Crippen molar-refractivity contribution in [3.63, 3.8) is 0 Å². The third-order valence-corrected chi connectivity index (χ3v) is 9.11. The normalized spacial score (nSPS) is 23.7. The molecule has 1 heterocycles. The summed E-state index contributed by atoms with van der Waals surface area (Å²) in [6.07, 6.45) is 8.32. The first kappa shape index (κ1) is 33.4. The Balaban J connectivity index is 1.47. The maximum absolute atomic E-state index is 13.1. The van der Waals surface area contributed by atoms with Gasteiger partial charge in [-0.05, 0) is 74.5 Å². The molecular formula is C33H52N8O3. The molecule has 242 valence electrons. The molecule has 11 nitrogen and oxygen atoms in total. The van der Waals surface area contributed by atoms with E-state index in [2.05, 4.69) is 48.6 Å². The maximum Gasteiger partial charge on any atom is 0.248 e. The van der Waals surface area contributed by atoms with Gasteiger partial charge in [0.1, 0.15) is 6.61 Å². The highest BCUT2D eigenvalue weighted by Gasteiger charge is 2.33. The largest absolute Gasteiger partial charge is 0.368 e. The average molecular weight is 609 g/mol. The van der Waals surface area contributed by atoms with Gasteiger partial charge in [-0.3, -0.25) is 9.59 Å². The van der Waals surface area contributed by atoms with Crippen LogP contribution < -0.4 is 26.6 Å². The van der Waals surface area contributed by atoms with Crippen LogP contribution in [0.15, 0.2) is 18.2 Å². The van der Waals surface area contributed by atoms with Crippen LogP contribution in [0, 0.1) is 24.7 Å². The molecule has 2 saturated carbocycles. The van der Waals surface area contributed by atoms with E-state index < -0.39 is 5.91 Å². The van der Waals surface area contributed by atoms with Crippen LogP contribution in [-0.4, -0.2) is 65.2 Å². The van der Waals surface area contributed by atoms with Crippen molar-refractivity contribution < 1.29 is 14.3 Å². The van der Waals surface area contributed by atoms with E-state index in [9.17, 15) is 9.59 Å². The van der Waals surface area contributed by atoms with Gasteiger partial charge >= 0.3 is 0 Å². The number of nitrogens with zero attached hydrogens (tertiary/aromatic N) is 4. The molecule has 1 aromatic carbocycles. The number of carbonyl (C=O) groups excluding carboxylic acids is 2. The first-order chi connectivity index (χ1) is 21.0. The fourth-order valence-electron chi connectivity index (χ4n) is 6.50. The number of hydrogen-bond acceptors (Lipinski definition) is 9. The van der Waals surface area contributed by atoms with Crippen LogP contribution >= 0.6 is 0 Å². The standard InChI is InChI=1S/C33H52N8O3/c1-7-16-41(6)33-39-31(38-32(40-33)37-27-18-23(30(34)43)14-13-22(27)5)36-26-11-9-8-10-25(26)35-29(42)19-44-28-17-21(4)12-15-24(28)20(2)3/h13-14,18,20-21,24-26,28H,7-12,15-17,19H2,1-6H3,(H2,34,43)(H,35,42)(H2,36,37,38,39,40). The zero-order valence-corrected chi connectivity index (χ0v) is 27.4. The molecule has 1 aromatic heterocycles. The summed E-state index contributed by atoms with van der Waals surface area (Å²) in [5, 5.41) is 10.0. The minimum absolute atomic E-state index is 0.0367. The highest BCUT2D eigenvalue weighted by molar-refractivity contribution is 5.94. The number of nitrogens with two attached hydrogens (primary N) is 1. The number of nitrogens with one attached hydrogen (secondary N) is 3. The number of rotatable bonds is 13. The molecule has 0 aliphatic heterocycles. The number of ether oxygens (including phenoxy) is 1. The van der Waals surface area contributed by atoms with Crippen molar-refractivity contribution in [1.82, 2.24) is 20.3 Å². The van der Waals surface area contributed by atoms with Crippen LogP contribution in [0.3, 0.4) is 0 Å². The predicted octanol–water partition coefficient (Wildman–Crippen LogP) is 5.19. The number of hydrogen-bond donors (Lipinski definition) is 4. The highest BCUT2D eigenvalue weighted by Crippen LogP contribution is 2.35. The number of benzene rings is 1. The summed E-state index contributed by atoms with van der Waals surface area (Å²) in [5.74, 6) is 2.41. The van der Waals surface area contributed by atoms with E-state index in [0.29, 0.717) is 46.8 Å². The lowest BCUT2D eigenvalue weighted by atomic mass is 9.75. The van der Waals surface area contributed by atoms with E-state index in [4.69, 9.17) is 20.4 Å². The molecule has 2 aliphatic rings. The van der Waals surface area contributed by atoms with Crippen LogP contribution in [0.4, 0.5) is 23.5 Å². The molecule has 44 heavy (non-hydrogen) atoms. The van der Waals surface area contributed by atoms with Gasteiger partial charge in [0.2, 0.25) is 29.7 Å². The van der Waals surface area contributed by atoms with Crippen molar-refractivity contribution in [1.29, 1.82) is 0 Å². The van der Waals surface area contributed by atoms with Gasteiger partial charge in [-0.1, -0.05) is 53.0 Å². The summed E-state index contributed by atoms with van der Waals surface area (Å²) >= 11 is 0. The number of carbonyl (C=O) groups is 2. The Morgan fingerprint density at radius 3 is 2.50 bits per heavy atom. The second-order valence-corrected chi connectivity index (χ2v) is 13.1. The summed E-state index contributed by atoms with van der Waals surface area (Å²) in [7, 11) is 1.95.